The van der Waals surface area contributed by atoms with Gasteiger partial charge in [0, 0.05) is 35.2 Å². The number of H-pyrrole nitrogens is 1. The molecular formula is C14H12Br2N2O. The topological polar surface area (TPSA) is 36.1 Å². The first-order valence-electron chi connectivity index (χ1n) is 6.04. The average Bonchev–Trinajstić information content (AvgIpc) is 2.77. The minimum Gasteiger partial charge on any atom is -0.353 e. The molecule has 1 aliphatic rings. The predicted octanol–water partition coefficient (Wildman–Crippen LogP) is 3.74. The number of nitrogens with one attached hydrogen (secondary N) is 1. The zero-order valence-electron chi connectivity index (χ0n) is 10.1. The Morgan fingerprint density at radius 2 is 1.95 bits per heavy atom. The van der Waals surface area contributed by atoms with Gasteiger partial charge < -0.3 is 9.88 Å². The largest absolute Gasteiger partial charge is 0.353 e. The molecule has 0 aliphatic carbocycles. The molecule has 5 heteroatoms. The fraction of sp³-hybridized carbons (Fsp3) is 0.214. The van der Waals surface area contributed by atoms with Crippen molar-refractivity contribution in [3.8, 4) is 0 Å². The average molecular weight is 384 g/mol. The summed E-state index contributed by atoms with van der Waals surface area (Å²) >= 11 is 6.82. The summed E-state index contributed by atoms with van der Waals surface area (Å²) in [5, 5.41) is 0. The van der Waals surface area contributed by atoms with Crippen LogP contribution in [-0.2, 0) is 13.0 Å². The lowest BCUT2D eigenvalue weighted by atomic mass is 10.1. The Hall–Kier alpha value is -1.07. The van der Waals surface area contributed by atoms with Gasteiger partial charge >= 0.3 is 0 Å². The quantitative estimate of drug-likeness (QED) is 0.799. The van der Waals surface area contributed by atoms with Crippen LogP contribution in [0.1, 0.15) is 21.6 Å². The van der Waals surface area contributed by atoms with Crippen molar-refractivity contribution in [1.82, 2.24) is 9.88 Å². The Kier molecular flexibility index (Phi) is 3.50. The van der Waals surface area contributed by atoms with E-state index >= 15 is 0 Å². The summed E-state index contributed by atoms with van der Waals surface area (Å²) in [5.41, 5.74) is 3.16. The van der Waals surface area contributed by atoms with Crippen molar-refractivity contribution in [3.05, 3.63) is 56.2 Å². The Morgan fingerprint density at radius 3 is 2.68 bits per heavy atom. The second-order valence-corrected chi connectivity index (χ2v) is 6.37. The molecule has 0 radical (unpaired) electrons. The molecule has 98 valence electrons. The summed E-state index contributed by atoms with van der Waals surface area (Å²) in [6.45, 7) is 1.43. The van der Waals surface area contributed by atoms with Crippen LogP contribution in [0, 0.1) is 0 Å². The van der Waals surface area contributed by atoms with E-state index < -0.39 is 0 Å². The number of hydrogen-bond acceptors (Lipinski definition) is 1. The summed E-state index contributed by atoms with van der Waals surface area (Å²) in [6, 6.07) is 9.56. The Morgan fingerprint density at radius 1 is 1.21 bits per heavy atom. The molecule has 0 spiro atoms. The van der Waals surface area contributed by atoms with Crippen molar-refractivity contribution in [2.24, 2.45) is 0 Å². The highest BCUT2D eigenvalue weighted by atomic mass is 79.9. The van der Waals surface area contributed by atoms with Crippen molar-refractivity contribution in [2.75, 3.05) is 6.54 Å². The highest BCUT2D eigenvalue weighted by Crippen LogP contribution is 2.24. The number of nitrogens with zero attached hydrogens (tertiary/aromatic N) is 1. The van der Waals surface area contributed by atoms with Gasteiger partial charge in [-0.25, -0.2) is 0 Å². The number of benzene rings is 1. The van der Waals surface area contributed by atoms with Gasteiger partial charge in [-0.3, -0.25) is 4.79 Å². The Bertz CT molecular complexity index is 619. The Labute approximate surface area is 128 Å². The summed E-state index contributed by atoms with van der Waals surface area (Å²) in [6.07, 6.45) is 0.878. The van der Waals surface area contributed by atoms with E-state index in [1.165, 1.54) is 11.3 Å². The molecule has 0 saturated carbocycles. The van der Waals surface area contributed by atoms with Crippen LogP contribution in [0.2, 0.25) is 0 Å². The van der Waals surface area contributed by atoms with E-state index in [1.807, 2.05) is 29.2 Å². The molecule has 1 aliphatic heterocycles. The second-order valence-electron chi connectivity index (χ2n) is 4.60. The van der Waals surface area contributed by atoms with Crippen LogP contribution in [0.3, 0.4) is 0 Å². The predicted molar refractivity (Wildman–Crippen MR) is 81.1 cm³/mol. The number of aromatic nitrogens is 1. The lowest BCUT2D eigenvalue weighted by molar-refractivity contribution is 0.0734. The first-order chi connectivity index (χ1) is 9.13. The molecule has 19 heavy (non-hydrogen) atoms. The third-order valence-corrected chi connectivity index (χ3v) is 4.29. The molecule has 0 saturated heterocycles. The molecule has 2 heterocycles. The van der Waals surface area contributed by atoms with E-state index in [2.05, 4.69) is 42.9 Å². The zero-order chi connectivity index (χ0) is 13.4. The second kappa shape index (κ2) is 5.13. The van der Waals surface area contributed by atoms with E-state index in [1.54, 1.807) is 0 Å². The maximum absolute atomic E-state index is 12.4. The van der Waals surface area contributed by atoms with Crippen LogP contribution in [0.4, 0.5) is 0 Å². The van der Waals surface area contributed by atoms with Gasteiger partial charge in [0.1, 0.15) is 0 Å². The molecule has 0 fully saturated rings. The van der Waals surface area contributed by atoms with Crippen LogP contribution in [0.25, 0.3) is 0 Å². The lowest BCUT2D eigenvalue weighted by Gasteiger charge is -2.27. The standard InChI is InChI=1S/C14H12Br2N2O/c15-11-3-1-9(2-4-11)14(19)18-6-5-12-10(8-18)7-13(16)17-12/h1-4,7,17H,5-6,8H2. The fourth-order valence-corrected chi connectivity index (χ4v) is 3.12. The summed E-state index contributed by atoms with van der Waals surface area (Å²) in [7, 11) is 0. The molecule has 1 N–H and O–H groups in total. The van der Waals surface area contributed by atoms with Crippen molar-refractivity contribution in [2.45, 2.75) is 13.0 Å². The van der Waals surface area contributed by atoms with Gasteiger partial charge in [0.05, 0.1) is 4.60 Å². The smallest absolute Gasteiger partial charge is 0.254 e. The van der Waals surface area contributed by atoms with E-state index in [-0.39, 0.29) is 5.91 Å². The first-order valence-corrected chi connectivity index (χ1v) is 7.63. The van der Waals surface area contributed by atoms with Crippen molar-refractivity contribution in [3.63, 3.8) is 0 Å². The summed E-state index contributed by atoms with van der Waals surface area (Å²) in [5.74, 6) is 0.0930. The van der Waals surface area contributed by atoms with Gasteiger partial charge in [0.15, 0.2) is 0 Å². The third-order valence-electron chi connectivity index (χ3n) is 3.33. The SMILES string of the molecule is O=C(c1ccc(Br)cc1)N1CCc2[nH]c(Br)cc2C1. The maximum Gasteiger partial charge on any atom is 0.254 e. The Balaban J connectivity index is 1.81. The van der Waals surface area contributed by atoms with Crippen molar-refractivity contribution >= 4 is 37.8 Å². The molecule has 0 atom stereocenters. The molecule has 2 aromatic rings. The number of rotatable bonds is 1. The maximum atomic E-state index is 12.4. The zero-order valence-corrected chi connectivity index (χ0v) is 13.3. The van der Waals surface area contributed by atoms with Crippen LogP contribution < -0.4 is 0 Å². The lowest BCUT2D eigenvalue weighted by Crippen LogP contribution is -2.35. The van der Waals surface area contributed by atoms with Gasteiger partial charge in [-0.05, 0) is 51.8 Å². The third kappa shape index (κ3) is 2.62. The molecule has 3 rings (SSSR count). The van der Waals surface area contributed by atoms with Gasteiger partial charge in [-0.1, -0.05) is 15.9 Å². The normalized spacial score (nSPS) is 14.3. The molecule has 0 bridgehead atoms. The highest BCUT2D eigenvalue weighted by molar-refractivity contribution is 9.10. The minimum absolute atomic E-state index is 0.0930. The van der Waals surface area contributed by atoms with E-state index in [0.717, 1.165) is 27.6 Å². The van der Waals surface area contributed by atoms with Crippen LogP contribution in [-0.4, -0.2) is 22.3 Å². The number of halogens is 2. The summed E-state index contributed by atoms with van der Waals surface area (Å²) < 4.78 is 1.97. The van der Waals surface area contributed by atoms with E-state index in [0.29, 0.717) is 6.54 Å². The summed E-state index contributed by atoms with van der Waals surface area (Å²) in [4.78, 5) is 17.6. The van der Waals surface area contributed by atoms with Gasteiger partial charge in [0.25, 0.3) is 5.91 Å². The number of amides is 1. The number of carbonyl (C=O) groups excluding carboxylic acids is 1. The highest BCUT2D eigenvalue weighted by Gasteiger charge is 2.23. The van der Waals surface area contributed by atoms with Gasteiger partial charge in [0.2, 0.25) is 0 Å². The van der Waals surface area contributed by atoms with Crippen LogP contribution in [0.15, 0.2) is 39.4 Å². The number of carbonyl (C=O) groups is 1. The number of fused-ring (bicyclic) bond motifs is 1. The van der Waals surface area contributed by atoms with Gasteiger partial charge in [-0.15, -0.1) is 0 Å². The van der Waals surface area contributed by atoms with Crippen molar-refractivity contribution < 1.29 is 4.79 Å². The fourth-order valence-electron chi connectivity index (χ4n) is 2.34. The van der Waals surface area contributed by atoms with Crippen LogP contribution in [0.5, 0.6) is 0 Å². The van der Waals surface area contributed by atoms with Gasteiger partial charge in [-0.2, -0.15) is 0 Å². The van der Waals surface area contributed by atoms with Crippen LogP contribution >= 0.6 is 31.9 Å². The van der Waals surface area contributed by atoms with E-state index in [4.69, 9.17) is 0 Å². The first kappa shape index (κ1) is 12.9. The minimum atomic E-state index is 0.0930. The molecular weight excluding hydrogens is 372 g/mol. The molecule has 1 aromatic heterocycles. The number of aromatic amines is 1. The molecule has 1 aromatic carbocycles. The number of hydrogen-bond donors (Lipinski definition) is 1. The monoisotopic (exact) mass is 382 g/mol. The molecule has 3 nitrogen and oxygen atoms in total. The molecule has 1 amide bonds. The van der Waals surface area contributed by atoms with Crippen molar-refractivity contribution in [1.29, 1.82) is 0 Å². The molecule has 0 unspecified atom stereocenters. The van der Waals surface area contributed by atoms with E-state index in [9.17, 15) is 4.79 Å².